The number of carbonyl (C=O) groups excluding carboxylic acids is 1. The quantitative estimate of drug-likeness (QED) is 0.629. The van der Waals surface area contributed by atoms with Crippen molar-refractivity contribution in [1.82, 2.24) is 4.57 Å². The van der Waals surface area contributed by atoms with Gasteiger partial charge in [-0.15, -0.1) is 0 Å². The molecule has 3 rings (SSSR count). The summed E-state index contributed by atoms with van der Waals surface area (Å²) in [7, 11) is -4.02. The molecule has 1 aromatic heterocycles. The second-order valence-corrected chi connectivity index (χ2v) is 9.68. The predicted molar refractivity (Wildman–Crippen MR) is 121 cm³/mol. The first-order valence-corrected chi connectivity index (χ1v) is 11.5. The number of amides is 1. The third kappa shape index (κ3) is 4.61. The van der Waals surface area contributed by atoms with Gasteiger partial charge in [0.2, 0.25) is 15.7 Å². The Morgan fingerprint density at radius 2 is 1.61 bits per heavy atom. The van der Waals surface area contributed by atoms with E-state index in [0.717, 1.165) is 5.56 Å². The lowest BCUT2D eigenvalue weighted by atomic mass is 10.0. The maximum atomic E-state index is 13.2. The highest BCUT2D eigenvalue weighted by atomic mass is 32.2. The zero-order chi connectivity index (χ0) is 22.8. The summed E-state index contributed by atoms with van der Waals surface area (Å²) in [5.41, 5.74) is 1.83. The van der Waals surface area contributed by atoms with Crippen LogP contribution in [0.4, 0.5) is 5.69 Å². The van der Waals surface area contributed by atoms with Gasteiger partial charge in [0.1, 0.15) is 11.4 Å². The third-order valence-electron chi connectivity index (χ3n) is 5.13. The molecule has 1 N–H and O–H groups in total. The number of anilines is 1. The number of aromatic nitrogens is 1. The molecule has 162 valence electrons. The number of hydrogen-bond donors (Lipinski definition) is 1. The summed E-state index contributed by atoms with van der Waals surface area (Å²) in [4.78, 5) is 25.7. The number of para-hydroxylation sites is 1. The molecule has 0 aliphatic rings. The SMILES string of the molecule is Cc1cc(C)n(CC(=O)Nc2ccccc2C(C)C)c(=O)c1S(=O)(=O)c1ccccc1. The van der Waals surface area contributed by atoms with E-state index in [4.69, 9.17) is 0 Å². The number of benzene rings is 2. The molecule has 0 aliphatic heterocycles. The molecule has 0 fully saturated rings. The van der Waals surface area contributed by atoms with E-state index in [2.05, 4.69) is 5.32 Å². The van der Waals surface area contributed by atoms with Crippen LogP contribution in [-0.2, 0) is 21.2 Å². The number of carbonyl (C=O) groups is 1. The van der Waals surface area contributed by atoms with E-state index in [-0.39, 0.29) is 22.3 Å². The minimum absolute atomic E-state index is 0.0425. The topological polar surface area (TPSA) is 85.2 Å². The number of rotatable bonds is 6. The van der Waals surface area contributed by atoms with Crippen molar-refractivity contribution in [2.75, 3.05) is 5.32 Å². The molecule has 0 saturated carbocycles. The highest BCUT2D eigenvalue weighted by molar-refractivity contribution is 7.91. The molecule has 1 heterocycles. The molecule has 0 unspecified atom stereocenters. The molecule has 0 bridgehead atoms. The van der Waals surface area contributed by atoms with Gasteiger partial charge in [0.25, 0.3) is 5.56 Å². The van der Waals surface area contributed by atoms with Crippen molar-refractivity contribution in [2.24, 2.45) is 0 Å². The minimum Gasteiger partial charge on any atom is -0.324 e. The largest absolute Gasteiger partial charge is 0.324 e. The molecule has 0 spiro atoms. The normalized spacial score (nSPS) is 11.5. The highest BCUT2D eigenvalue weighted by Gasteiger charge is 2.26. The Balaban J connectivity index is 1.99. The number of hydrogen-bond acceptors (Lipinski definition) is 4. The van der Waals surface area contributed by atoms with Gasteiger partial charge in [-0.05, 0) is 55.2 Å². The van der Waals surface area contributed by atoms with Gasteiger partial charge < -0.3 is 9.88 Å². The number of sulfone groups is 1. The summed E-state index contributed by atoms with van der Waals surface area (Å²) in [6.07, 6.45) is 0. The van der Waals surface area contributed by atoms with Crippen molar-refractivity contribution in [3.05, 3.63) is 87.8 Å². The molecular formula is C24H26N2O4S. The lowest BCUT2D eigenvalue weighted by Gasteiger charge is -2.17. The fraction of sp³-hybridized carbons (Fsp3) is 0.250. The zero-order valence-electron chi connectivity index (χ0n) is 18.0. The number of pyridine rings is 1. The van der Waals surface area contributed by atoms with Crippen LogP contribution in [0.3, 0.4) is 0 Å². The smallest absolute Gasteiger partial charge is 0.270 e. The molecule has 0 aliphatic carbocycles. The van der Waals surface area contributed by atoms with Crippen molar-refractivity contribution in [3.8, 4) is 0 Å². The van der Waals surface area contributed by atoms with Crippen LogP contribution in [0.1, 0.15) is 36.6 Å². The van der Waals surface area contributed by atoms with E-state index in [1.807, 2.05) is 38.1 Å². The summed E-state index contributed by atoms with van der Waals surface area (Å²) in [6, 6.07) is 16.9. The second-order valence-electron chi connectivity index (χ2n) is 7.80. The summed E-state index contributed by atoms with van der Waals surface area (Å²) >= 11 is 0. The highest BCUT2D eigenvalue weighted by Crippen LogP contribution is 2.24. The lowest BCUT2D eigenvalue weighted by Crippen LogP contribution is -2.33. The second kappa shape index (κ2) is 8.89. The summed E-state index contributed by atoms with van der Waals surface area (Å²) in [6.45, 7) is 7.05. The summed E-state index contributed by atoms with van der Waals surface area (Å²) in [5.74, 6) is -0.187. The van der Waals surface area contributed by atoms with E-state index < -0.39 is 21.3 Å². The van der Waals surface area contributed by atoms with Gasteiger partial charge >= 0.3 is 0 Å². The molecule has 31 heavy (non-hydrogen) atoms. The third-order valence-corrected chi connectivity index (χ3v) is 7.06. The van der Waals surface area contributed by atoms with E-state index >= 15 is 0 Å². The van der Waals surface area contributed by atoms with Gasteiger partial charge in [0.15, 0.2) is 0 Å². The fourth-order valence-corrected chi connectivity index (χ4v) is 5.17. The molecule has 2 aromatic carbocycles. The molecule has 0 saturated heterocycles. The van der Waals surface area contributed by atoms with Crippen molar-refractivity contribution in [2.45, 2.75) is 49.9 Å². The zero-order valence-corrected chi connectivity index (χ0v) is 18.9. The minimum atomic E-state index is -4.02. The first kappa shape index (κ1) is 22.5. The Kier molecular flexibility index (Phi) is 6.45. The van der Waals surface area contributed by atoms with E-state index in [1.54, 1.807) is 38.1 Å². The molecular weight excluding hydrogens is 412 g/mol. The molecule has 1 amide bonds. The Morgan fingerprint density at radius 1 is 1.00 bits per heavy atom. The summed E-state index contributed by atoms with van der Waals surface area (Å²) < 4.78 is 27.4. The van der Waals surface area contributed by atoms with Crippen molar-refractivity contribution in [3.63, 3.8) is 0 Å². The van der Waals surface area contributed by atoms with Gasteiger partial charge in [-0.1, -0.05) is 50.2 Å². The molecule has 3 aromatic rings. The number of aryl methyl sites for hydroxylation is 2. The van der Waals surface area contributed by atoms with Crippen LogP contribution < -0.4 is 10.9 Å². The van der Waals surface area contributed by atoms with Gasteiger partial charge in [0.05, 0.1) is 4.90 Å². The number of nitrogens with one attached hydrogen (secondary N) is 1. The Bertz CT molecular complexity index is 1280. The van der Waals surface area contributed by atoms with Crippen LogP contribution in [0.25, 0.3) is 0 Å². The maximum Gasteiger partial charge on any atom is 0.270 e. The van der Waals surface area contributed by atoms with E-state index in [0.29, 0.717) is 16.9 Å². The molecule has 6 nitrogen and oxygen atoms in total. The fourth-order valence-electron chi connectivity index (χ4n) is 3.60. The Hall–Kier alpha value is -3.19. The standard InChI is InChI=1S/C24H26N2O4S/c1-16(2)20-12-8-9-13-21(20)25-22(27)15-26-18(4)14-17(3)23(24(26)28)31(29,30)19-10-6-5-7-11-19/h5-14,16H,15H2,1-4H3,(H,25,27). The van der Waals surface area contributed by atoms with E-state index in [1.165, 1.54) is 16.7 Å². The lowest BCUT2D eigenvalue weighted by molar-refractivity contribution is -0.116. The first-order chi connectivity index (χ1) is 14.6. The van der Waals surface area contributed by atoms with Gasteiger partial charge in [-0.2, -0.15) is 0 Å². The van der Waals surface area contributed by atoms with Crippen LogP contribution in [0.5, 0.6) is 0 Å². The van der Waals surface area contributed by atoms with Gasteiger partial charge in [-0.3, -0.25) is 9.59 Å². The average Bonchev–Trinajstić information content (AvgIpc) is 2.71. The van der Waals surface area contributed by atoms with Crippen LogP contribution in [0.15, 0.2) is 75.2 Å². The van der Waals surface area contributed by atoms with Crippen molar-refractivity contribution < 1.29 is 13.2 Å². The van der Waals surface area contributed by atoms with Crippen molar-refractivity contribution >= 4 is 21.4 Å². The molecule has 0 radical (unpaired) electrons. The van der Waals surface area contributed by atoms with Gasteiger partial charge in [0, 0.05) is 11.4 Å². The molecule has 7 heteroatoms. The number of nitrogens with zero attached hydrogens (tertiary/aromatic N) is 1. The predicted octanol–water partition coefficient (Wildman–Crippen LogP) is 4.06. The van der Waals surface area contributed by atoms with Crippen LogP contribution in [0.2, 0.25) is 0 Å². The maximum absolute atomic E-state index is 13.2. The van der Waals surface area contributed by atoms with E-state index in [9.17, 15) is 18.0 Å². The van der Waals surface area contributed by atoms with Crippen LogP contribution in [-0.4, -0.2) is 18.9 Å². The van der Waals surface area contributed by atoms with Crippen LogP contribution >= 0.6 is 0 Å². The molecule has 0 atom stereocenters. The first-order valence-electron chi connectivity index (χ1n) is 10.0. The average molecular weight is 439 g/mol. The Morgan fingerprint density at radius 3 is 2.26 bits per heavy atom. The van der Waals surface area contributed by atoms with Crippen molar-refractivity contribution in [1.29, 1.82) is 0 Å². The Labute approximate surface area is 182 Å². The van der Waals surface area contributed by atoms with Crippen LogP contribution in [0, 0.1) is 13.8 Å². The summed E-state index contributed by atoms with van der Waals surface area (Å²) in [5, 5.41) is 2.85. The van der Waals surface area contributed by atoms with Gasteiger partial charge in [-0.25, -0.2) is 8.42 Å². The monoisotopic (exact) mass is 438 g/mol.